The van der Waals surface area contributed by atoms with Crippen molar-refractivity contribution in [3.63, 3.8) is 0 Å². The minimum absolute atomic E-state index is 0.185. The fourth-order valence-corrected chi connectivity index (χ4v) is 13.7. The Kier molecular flexibility index (Phi) is 9.21. The number of furan rings is 1. The van der Waals surface area contributed by atoms with Gasteiger partial charge in [0.25, 0.3) is 5.97 Å². The number of allylic oxidation sites excluding steroid dienone is 1. The topological polar surface area (TPSA) is 239 Å². The molecule has 0 radical (unpaired) electrons. The average Bonchev–Trinajstić information content (AvgIpc) is 3.86. The lowest BCUT2D eigenvalue weighted by atomic mass is 9.32. The van der Waals surface area contributed by atoms with Gasteiger partial charge in [-0.25, -0.2) is 4.79 Å². The number of cyclic esters (lactones) is 1. The highest BCUT2D eigenvalue weighted by molar-refractivity contribution is 5.92. The highest BCUT2D eigenvalue weighted by atomic mass is 16.9. The Balaban J connectivity index is 1.62. The van der Waals surface area contributed by atoms with E-state index in [2.05, 4.69) is 0 Å². The van der Waals surface area contributed by atoms with Crippen molar-refractivity contribution in [1.82, 2.24) is 0 Å². The van der Waals surface area contributed by atoms with Crippen molar-refractivity contribution < 1.29 is 86.0 Å². The molecule has 61 heavy (non-hydrogen) atoms. The lowest BCUT2D eigenvalue weighted by molar-refractivity contribution is -0.490. The number of aliphatic hydroxyl groups excluding tert-OH is 1. The molecule has 2 spiro atoms. The molecular weight excluding hydrogens is 804 g/mol. The van der Waals surface area contributed by atoms with Crippen molar-refractivity contribution in [3.05, 3.63) is 35.5 Å². The minimum Gasteiger partial charge on any atom is -0.511 e. The van der Waals surface area contributed by atoms with Gasteiger partial charge in [-0.3, -0.25) is 24.0 Å². The van der Waals surface area contributed by atoms with Crippen LogP contribution in [-0.4, -0.2) is 106 Å². The molecule has 4 heterocycles. The maximum Gasteiger partial charge on any atom is 0.338 e. The second kappa shape index (κ2) is 13.0. The lowest BCUT2D eigenvalue weighted by Crippen LogP contribution is -2.97. The number of rotatable bonds is 9. The summed E-state index contributed by atoms with van der Waals surface area (Å²) in [6.07, 6.45) is -6.67. The summed E-state index contributed by atoms with van der Waals surface area (Å²) >= 11 is 0. The van der Waals surface area contributed by atoms with Crippen LogP contribution in [0.4, 0.5) is 0 Å². The van der Waals surface area contributed by atoms with Crippen LogP contribution in [0.15, 0.2) is 34.3 Å². The molecule has 4 bridgehead atoms. The predicted molar refractivity (Wildman–Crippen MR) is 201 cm³/mol. The third-order valence-corrected chi connectivity index (χ3v) is 15.3. The van der Waals surface area contributed by atoms with Crippen LogP contribution in [-0.2, 0) is 71.4 Å². The van der Waals surface area contributed by atoms with E-state index in [1.54, 1.807) is 48.5 Å². The smallest absolute Gasteiger partial charge is 0.338 e. The Morgan fingerprint density at radius 3 is 2.02 bits per heavy atom. The fourth-order valence-electron chi connectivity index (χ4n) is 13.7. The molecule has 0 amide bonds. The summed E-state index contributed by atoms with van der Waals surface area (Å²) in [5.74, 6) is -12.4. The van der Waals surface area contributed by atoms with Gasteiger partial charge in [-0.2, -0.15) is 0 Å². The monoisotopic (exact) mass is 858 g/mol. The van der Waals surface area contributed by atoms with Crippen LogP contribution < -0.4 is 0 Å². The van der Waals surface area contributed by atoms with Crippen LogP contribution in [0.5, 0.6) is 0 Å². The summed E-state index contributed by atoms with van der Waals surface area (Å²) in [6, 6.07) is 1.51. The molecule has 2 N–H and O–H groups in total. The summed E-state index contributed by atoms with van der Waals surface area (Å²) in [4.78, 5) is 83.8. The van der Waals surface area contributed by atoms with Crippen molar-refractivity contribution in [2.24, 2.45) is 39.9 Å². The first-order chi connectivity index (χ1) is 28.3. The lowest BCUT2D eigenvalue weighted by Gasteiger charge is -2.78. The molecule has 1 aromatic rings. The summed E-state index contributed by atoms with van der Waals surface area (Å²) in [5.41, 5.74) is -15.1. The highest BCUT2D eigenvalue weighted by Crippen LogP contribution is 2.90. The van der Waals surface area contributed by atoms with Crippen molar-refractivity contribution in [3.8, 4) is 0 Å². The van der Waals surface area contributed by atoms with Gasteiger partial charge in [0.2, 0.25) is 0 Å². The second-order valence-corrected chi connectivity index (χ2v) is 19.2. The number of fused-ring (bicyclic) bond motifs is 3. The van der Waals surface area contributed by atoms with Crippen LogP contribution in [0.2, 0.25) is 0 Å². The Morgan fingerprint density at radius 2 is 1.48 bits per heavy atom. The van der Waals surface area contributed by atoms with E-state index in [4.69, 9.17) is 47.0 Å². The fraction of sp³-hybridized carbons (Fsp3) is 0.721. The van der Waals surface area contributed by atoms with Crippen molar-refractivity contribution in [1.29, 1.82) is 0 Å². The van der Waals surface area contributed by atoms with Crippen molar-refractivity contribution >= 4 is 35.8 Å². The first-order valence-electron chi connectivity index (χ1n) is 20.5. The third-order valence-electron chi connectivity index (χ3n) is 15.3. The number of aliphatic hydroxyl groups is 2. The average molecular weight is 859 g/mol. The molecular formula is C43H54O18. The molecule has 18 nitrogen and oxygen atoms in total. The van der Waals surface area contributed by atoms with Gasteiger partial charge in [-0.15, -0.1) is 0 Å². The Hall–Kier alpha value is -4.52. The zero-order valence-corrected chi connectivity index (χ0v) is 36.3. The molecule has 4 unspecified atom stereocenters. The quantitative estimate of drug-likeness (QED) is 0.156. The first kappa shape index (κ1) is 43.1. The SMILES string of the molecule is COC(=O)C[C@H]1C2(C)C[C@]34O[C@@]5(C)O[C@@]6([C@H](OC(C)=O)C(OC(C)=O)[C@]7(C)C(/C(=C(/O)C(C)C)C(=O)O[C@H]7c7ccoc7)[C@@]6(O5)[C@H](OC(C)=O)[C@@]3(O)C2OC(=O)C(C)C)[C@]14C. The maximum atomic E-state index is 15.0. The van der Waals surface area contributed by atoms with Crippen LogP contribution in [0.3, 0.4) is 0 Å². The van der Waals surface area contributed by atoms with Gasteiger partial charge in [-0.1, -0.05) is 48.5 Å². The molecule has 8 rings (SSSR count). The van der Waals surface area contributed by atoms with Crippen LogP contribution in [0, 0.1) is 39.9 Å². The van der Waals surface area contributed by atoms with Gasteiger partial charge in [0.15, 0.2) is 35.1 Å². The first-order valence-corrected chi connectivity index (χ1v) is 20.5. The molecule has 1 aromatic heterocycles. The van der Waals surface area contributed by atoms with E-state index in [9.17, 15) is 39.0 Å². The van der Waals surface area contributed by atoms with Crippen LogP contribution in [0.1, 0.15) is 101 Å². The van der Waals surface area contributed by atoms with Gasteiger partial charge >= 0.3 is 35.8 Å². The van der Waals surface area contributed by atoms with Crippen molar-refractivity contribution in [2.75, 3.05) is 7.11 Å². The van der Waals surface area contributed by atoms with E-state index in [1.165, 1.54) is 32.6 Å². The van der Waals surface area contributed by atoms with E-state index >= 15 is 0 Å². The standard InChI is InChI=1S/C43H54O18/c1-18(2)27(48)26-28-37(9,29(57-33(26)50)23-13-14-53-16-23)30(54-20(5)44)31(55-21(6)45)43-38(10)24(15-25(47)52-12)36(8)17-40(38)41(51,34(36)58-32(49)19(3)4)35(56-22(7)46)42(28,43)60-39(11,59-40)61-43/h13-14,16,18-19,24,28-31,34-35,48,51H,15,17H2,1-12H3/b27-26-/t24-,28?,29-,30?,31+,34?,35+,36?,37+,38+,39+,40+,41-,42+,43-/m0/s1. The van der Waals surface area contributed by atoms with Gasteiger partial charge in [-0.05, 0) is 18.4 Å². The van der Waals surface area contributed by atoms with Gasteiger partial charge < -0.3 is 57.3 Å². The Morgan fingerprint density at radius 1 is 0.852 bits per heavy atom. The predicted octanol–water partition coefficient (Wildman–Crippen LogP) is 3.67. The van der Waals surface area contributed by atoms with E-state index in [-0.39, 0.29) is 12.0 Å². The van der Waals surface area contributed by atoms with Gasteiger partial charge in [0.1, 0.15) is 23.6 Å². The zero-order chi connectivity index (χ0) is 45.0. The van der Waals surface area contributed by atoms with E-state index < -0.39 is 152 Å². The number of carbonyl (C=O) groups excluding carboxylic acids is 6. The molecule has 4 aliphatic carbocycles. The summed E-state index contributed by atoms with van der Waals surface area (Å²) in [7, 11) is 1.19. The zero-order valence-electron chi connectivity index (χ0n) is 36.3. The highest BCUT2D eigenvalue weighted by Gasteiger charge is 3.07. The molecule has 0 aromatic carbocycles. The number of methoxy groups -OCH3 is 1. The molecule has 18 heteroatoms. The molecule has 334 valence electrons. The number of ether oxygens (including phenoxy) is 9. The third kappa shape index (κ3) is 4.77. The minimum atomic E-state index is -2.63. The number of esters is 6. The largest absolute Gasteiger partial charge is 0.511 e. The van der Waals surface area contributed by atoms with Crippen molar-refractivity contribution in [2.45, 2.75) is 148 Å². The molecule has 7 aliphatic rings. The molecule has 7 fully saturated rings. The summed E-state index contributed by atoms with van der Waals surface area (Å²) in [5, 5.41) is 26.6. The van der Waals surface area contributed by atoms with Crippen LogP contribution in [0.25, 0.3) is 0 Å². The molecule has 15 atom stereocenters. The Bertz CT molecular complexity index is 2150. The maximum absolute atomic E-state index is 15.0. The van der Waals surface area contributed by atoms with E-state index in [0.717, 1.165) is 20.8 Å². The number of carbonyl (C=O) groups is 6. The number of hydrogen-bond acceptors (Lipinski definition) is 18. The second-order valence-electron chi connectivity index (χ2n) is 19.2. The molecule has 3 aliphatic heterocycles. The summed E-state index contributed by atoms with van der Waals surface area (Å²) < 4.78 is 64.1. The normalized spacial score (nSPS) is 46.7. The van der Waals surface area contributed by atoms with Crippen LogP contribution >= 0.6 is 0 Å². The van der Waals surface area contributed by atoms with E-state index in [0.29, 0.717) is 0 Å². The molecule has 3 saturated heterocycles. The summed E-state index contributed by atoms with van der Waals surface area (Å²) in [6.45, 7) is 16.1. The Labute approximate surface area is 351 Å². The molecule has 4 saturated carbocycles. The van der Waals surface area contributed by atoms with Gasteiger partial charge in [0.05, 0.1) is 36.5 Å². The van der Waals surface area contributed by atoms with E-state index in [1.807, 2.05) is 0 Å². The van der Waals surface area contributed by atoms with Gasteiger partial charge in [0, 0.05) is 62.3 Å². The number of hydrogen-bond donors (Lipinski definition) is 2.